The summed E-state index contributed by atoms with van der Waals surface area (Å²) in [4.78, 5) is 24.7. The predicted molar refractivity (Wildman–Crippen MR) is 59.9 cm³/mol. The van der Waals surface area contributed by atoms with Gasteiger partial charge in [0.25, 0.3) is 0 Å². The van der Waals surface area contributed by atoms with Gasteiger partial charge in [-0.1, -0.05) is 0 Å². The van der Waals surface area contributed by atoms with E-state index >= 15 is 0 Å². The third kappa shape index (κ3) is 4.61. The normalized spacial score (nSPS) is 18.2. The third-order valence-electron chi connectivity index (χ3n) is 2.17. The molecule has 0 saturated carbocycles. The fourth-order valence-electron chi connectivity index (χ4n) is 1.51. The minimum Gasteiger partial charge on any atom is -0.459 e. The van der Waals surface area contributed by atoms with Crippen molar-refractivity contribution < 1.29 is 14.3 Å². The van der Waals surface area contributed by atoms with Crippen molar-refractivity contribution in [2.24, 2.45) is 0 Å². The van der Waals surface area contributed by atoms with E-state index in [1.807, 2.05) is 20.8 Å². The van der Waals surface area contributed by atoms with E-state index in [9.17, 15) is 9.59 Å². The van der Waals surface area contributed by atoms with Crippen LogP contribution in [0.4, 0.5) is 0 Å². The molecule has 0 spiro atoms. The molecule has 0 aliphatic carbocycles. The Morgan fingerprint density at radius 1 is 1.44 bits per heavy atom. The SMILES string of the molecule is CC(C)(C)OC(=O)CN1CCNCCC1=O. The molecule has 0 radical (unpaired) electrons. The van der Waals surface area contributed by atoms with Gasteiger partial charge in [0, 0.05) is 26.1 Å². The zero-order chi connectivity index (χ0) is 12.2. The number of rotatable bonds is 2. The van der Waals surface area contributed by atoms with Gasteiger partial charge in [-0.3, -0.25) is 9.59 Å². The number of carbonyl (C=O) groups excluding carboxylic acids is 2. The van der Waals surface area contributed by atoms with E-state index < -0.39 is 5.60 Å². The topological polar surface area (TPSA) is 58.6 Å². The average Bonchev–Trinajstić information content (AvgIpc) is 2.29. The van der Waals surface area contributed by atoms with Crippen LogP contribution in [-0.4, -0.2) is 48.6 Å². The van der Waals surface area contributed by atoms with Crippen molar-refractivity contribution >= 4 is 11.9 Å². The summed E-state index contributed by atoms with van der Waals surface area (Å²) in [6.07, 6.45) is 0.447. The fraction of sp³-hybridized carbons (Fsp3) is 0.818. The Balaban J connectivity index is 2.45. The van der Waals surface area contributed by atoms with Crippen molar-refractivity contribution in [3.05, 3.63) is 0 Å². The average molecular weight is 228 g/mol. The molecule has 1 N–H and O–H groups in total. The zero-order valence-electron chi connectivity index (χ0n) is 10.2. The molecular formula is C11H20N2O3. The number of nitrogens with zero attached hydrogens (tertiary/aromatic N) is 1. The van der Waals surface area contributed by atoms with Crippen LogP contribution in [0.3, 0.4) is 0 Å². The van der Waals surface area contributed by atoms with Gasteiger partial charge in [-0.25, -0.2) is 0 Å². The highest BCUT2D eigenvalue weighted by atomic mass is 16.6. The number of hydrogen-bond donors (Lipinski definition) is 1. The van der Waals surface area contributed by atoms with Crippen molar-refractivity contribution in [1.82, 2.24) is 10.2 Å². The van der Waals surface area contributed by atoms with E-state index in [1.165, 1.54) is 0 Å². The first-order valence-corrected chi connectivity index (χ1v) is 5.59. The van der Waals surface area contributed by atoms with Gasteiger partial charge >= 0.3 is 5.97 Å². The summed E-state index contributed by atoms with van der Waals surface area (Å²) >= 11 is 0. The van der Waals surface area contributed by atoms with E-state index in [2.05, 4.69) is 5.32 Å². The highest BCUT2D eigenvalue weighted by molar-refractivity contribution is 5.82. The van der Waals surface area contributed by atoms with E-state index in [-0.39, 0.29) is 18.4 Å². The number of esters is 1. The first-order chi connectivity index (χ1) is 7.38. The standard InChI is InChI=1S/C11H20N2O3/c1-11(2,3)16-10(15)8-13-7-6-12-5-4-9(13)14/h12H,4-8H2,1-3H3. The summed E-state index contributed by atoms with van der Waals surface area (Å²) in [5.41, 5.74) is -0.496. The van der Waals surface area contributed by atoms with Gasteiger partial charge in [0.1, 0.15) is 12.1 Å². The molecule has 0 aromatic heterocycles. The molecule has 1 amide bonds. The molecule has 92 valence electrons. The summed E-state index contributed by atoms with van der Waals surface area (Å²) < 4.78 is 5.18. The Hall–Kier alpha value is -1.10. The monoisotopic (exact) mass is 228 g/mol. The van der Waals surface area contributed by atoms with Crippen molar-refractivity contribution in [1.29, 1.82) is 0 Å². The fourth-order valence-corrected chi connectivity index (χ4v) is 1.51. The van der Waals surface area contributed by atoms with Gasteiger partial charge in [0.15, 0.2) is 0 Å². The maximum absolute atomic E-state index is 11.6. The minimum atomic E-state index is -0.496. The lowest BCUT2D eigenvalue weighted by molar-refractivity contribution is -0.158. The highest BCUT2D eigenvalue weighted by Crippen LogP contribution is 2.08. The minimum absolute atomic E-state index is 0.0101. The zero-order valence-corrected chi connectivity index (χ0v) is 10.2. The maximum Gasteiger partial charge on any atom is 0.326 e. The van der Waals surface area contributed by atoms with Crippen LogP contribution in [0.15, 0.2) is 0 Å². The molecule has 0 unspecified atom stereocenters. The summed E-state index contributed by atoms with van der Waals surface area (Å²) in [5.74, 6) is -0.335. The van der Waals surface area contributed by atoms with Crippen LogP contribution in [0.1, 0.15) is 27.2 Å². The van der Waals surface area contributed by atoms with Crippen LogP contribution in [0.2, 0.25) is 0 Å². The Labute approximate surface area is 96.1 Å². The van der Waals surface area contributed by atoms with E-state index in [0.717, 1.165) is 6.54 Å². The molecule has 1 heterocycles. The van der Waals surface area contributed by atoms with Gasteiger partial charge in [0.05, 0.1) is 0 Å². The first-order valence-electron chi connectivity index (χ1n) is 5.59. The molecule has 1 fully saturated rings. The van der Waals surface area contributed by atoms with Crippen LogP contribution >= 0.6 is 0 Å². The molecule has 0 atom stereocenters. The van der Waals surface area contributed by atoms with Crippen molar-refractivity contribution in [2.75, 3.05) is 26.2 Å². The van der Waals surface area contributed by atoms with E-state index in [4.69, 9.17) is 4.74 Å². The van der Waals surface area contributed by atoms with E-state index in [0.29, 0.717) is 19.5 Å². The lowest BCUT2D eigenvalue weighted by atomic mass is 10.2. The van der Waals surface area contributed by atoms with Crippen molar-refractivity contribution in [2.45, 2.75) is 32.8 Å². The predicted octanol–water partition coefficient (Wildman–Crippen LogP) is 0.150. The largest absolute Gasteiger partial charge is 0.459 e. The van der Waals surface area contributed by atoms with Crippen LogP contribution < -0.4 is 5.32 Å². The van der Waals surface area contributed by atoms with Gasteiger partial charge in [-0.05, 0) is 20.8 Å². The van der Waals surface area contributed by atoms with Crippen LogP contribution in [-0.2, 0) is 14.3 Å². The summed E-state index contributed by atoms with van der Waals surface area (Å²) in [5, 5.41) is 3.11. The molecule has 1 saturated heterocycles. The van der Waals surface area contributed by atoms with Gasteiger partial charge in [0.2, 0.25) is 5.91 Å². The Bertz CT molecular complexity index is 271. The molecule has 5 nitrogen and oxygen atoms in total. The molecule has 5 heteroatoms. The maximum atomic E-state index is 11.6. The second-order valence-electron chi connectivity index (χ2n) is 4.90. The summed E-state index contributed by atoms with van der Waals surface area (Å²) in [6, 6.07) is 0. The molecule has 0 aromatic rings. The third-order valence-corrected chi connectivity index (χ3v) is 2.17. The Morgan fingerprint density at radius 2 is 2.12 bits per heavy atom. The van der Waals surface area contributed by atoms with Gasteiger partial charge in [-0.2, -0.15) is 0 Å². The number of hydrogen-bond acceptors (Lipinski definition) is 4. The van der Waals surface area contributed by atoms with Crippen LogP contribution in [0.5, 0.6) is 0 Å². The molecule has 1 rings (SSSR count). The second-order valence-corrected chi connectivity index (χ2v) is 4.90. The number of amides is 1. The van der Waals surface area contributed by atoms with Gasteiger partial charge < -0.3 is 15.0 Å². The highest BCUT2D eigenvalue weighted by Gasteiger charge is 2.22. The summed E-state index contributed by atoms with van der Waals surface area (Å²) in [7, 11) is 0. The second kappa shape index (κ2) is 5.30. The lowest BCUT2D eigenvalue weighted by Gasteiger charge is -2.23. The number of carbonyl (C=O) groups is 2. The van der Waals surface area contributed by atoms with Gasteiger partial charge in [-0.15, -0.1) is 0 Å². The number of ether oxygens (including phenoxy) is 1. The van der Waals surface area contributed by atoms with Crippen LogP contribution in [0, 0.1) is 0 Å². The van der Waals surface area contributed by atoms with Crippen molar-refractivity contribution in [3.63, 3.8) is 0 Å². The molecule has 0 bridgehead atoms. The Kier molecular flexibility index (Phi) is 4.29. The molecule has 1 aliphatic rings. The molecule has 16 heavy (non-hydrogen) atoms. The van der Waals surface area contributed by atoms with Crippen molar-refractivity contribution in [3.8, 4) is 0 Å². The van der Waals surface area contributed by atoms with E-state index in [1.54, 1.807) is 4.90 Å². The molecule has 0 aromatic carbocycles. The summed E-state index contributed by atoms with van der Waals surface area (Å²) in [6.45, 7) is 7.48. The lowest BCUT2D eigenvalue weighted by Crippen LogP contribution is -2.39. The number of nitrogens with one attached hydrogen (secondary N) is 1. The molecular weight excluding hydrogens is 208 g/mol. The van der Waals surface area contributed by atoms with Crippen LogP contribution in [0.25, 0.3) is 0 Å². The smallest absolute Gasteiger partial charge is 0.326 e. The first kappa shape index (κ1) is 13.0. The molecule has 1 aliphatic heterocycles. The quantitative estimate of drug-likeness (QED) is 0.683. The Morgan fingerprint density at radius 3 is 2.75 bits per heavy atom.